The summed E-state index contributed by atoms with van der Waals surface area (Å²) in [7, 11) is 2.07. The van der Waals surface area contributed by atoms with E-state index in [4.69, 9.17) is 4.74 Å². The van der Waals surface area contributed by atoms with Gasteiger partial charge in [0.05, 0.1) is 19.3 Å². The highest BCUT2D eigenvalue weighted by molar-refractivity contribution is 6.01. The summed E-state index contributed by atoms with van der Waals surface area (Å²) >= 11 is 0. The van der Waals surface area contributed by atoms with Gasteiger partial charge < -0.3 is 20.3 Å². The van der Waals surface area contributed by atoms with Gasteiger partial charge in [-0.1, -0.05) is 0 Å². The molecule has 2 saturated heterocycles. The van der Waals surface area contributed by atoms with E-state index in [1.54, 1.807) is 0 Å². The Bertz CT molecular complexity index is 307. The van der Waals surface area contributed by atoms with Gasteiger partial charge in [-0.25, -0.2) is 4.79 Å². The lowest BCUT2D eigenvalue weighted by Crippen LogP contribution is -2.46. The number of ether oxygens (including phenoxy) is 1. The Hall–Kier alpha value is -1.18. The Morgan fingerprint density at radius 2 is 2.33 bits per heavy atom. The van der Waals surface area contributed by atoms with Crippen LogP contribution in [0.1, 0.15) is 0 Å². The average Bonchev–Trinajstić information content (AvgIpc) is 2.66. The van der Waals surface area contributed by atoms with Crippen LogP contribution in [-0.4, -0.2) is 80.8 Å². The molecule has 0 bridgehead atoms. The molecule has 2 aliphatic rings. The van der Waals surface area contributed by atoms with Gasteiger partial charge in [0, 0.05) is 32.7 Å². The fourth-order valence-corrected chi connectivity index (χ4v) is 2.13. The average molecular weight is 256 g/mol. The van der Waals surface area contributed by atoms with Crippen molar-refractivity contribution in [3.8, 4) is 0 Å². The van der Waals surface area contributed by atoms with E-state index in [0.717, 1.165) is 26.2 Å². The molecule has 0 spiro atoms. The number of imide groups is 1. The first-order valence-corrected chi connectivity index (χ1v) is 6.26. The van der Waals surface area contributed by atoms with E-state index >= 15 is 0 Å². The minimum Gasteiger partial charge on any atom is -0.374 e. The number of likely N-dealkylation sites (N-methyl/N-ethyl adjacent to an activating group) is 1. The van der Waals surface area contributed by atoms with Crippen molar-refractivity contribution >= 4 is 11.9 Å². The summed E-state index contributed by atoms with van der Waals surface area (Å²) in [5.41, 5.74) is 0. The Labute approximate surface area is 106 Å². The van der Waals surface area contributed by atoms with E-state index in [1.165, 1.54) is 4.90 Å². The molecule has 0 aromatic heterocycles. The van der Waals surface area contributed by atoms with Crippen molar-refractivity contribution in [3.05, 3.63) is 0 Å². The molecule has 18 heavy (non-hydrogen) atoms. The van der Waals surface area contributed by atoms with E-state index in [9.17, 15) is 9.59 Å². The van der Waals surface area contributed by atoms with Crippen LogP contribution in [0.25, 0.3) is 0 Å². The van der Waals surface area contributed by atoms with Gasteiger partial charge in [-0.05, 0) is 7.05 Å². The van der Waals surface area contributed by atoms with Gasteiger partial charge in [0.2, 0.25) is 5.91 Å². The molecule has 7 nitrogen and oxygen atoms in total. The van der Waals surface area contributed by atoms with Gasteiger partial charge in [-0.15, -0.1) is 0 Å². The molecule has 102 valence electrons. The van der Waals surface area contributed by atoms with Crippen molar-refractivity contribution in [2.24, 2.45) is 0 Å². The molecular formula is C11H20N4O3. The third-order valence-corrected chi connectivity index (χ3v) is 3.16. The maximum atomic E-state index is 11.3. The second kappa shape index (κ2) is 6.12. The molecule has 0 aromatic carbocycles. The van der Waals surface area contributed by atoms with Crippen LogP contribution >= 0.6 is 0 Å². The van der Waals surface area contributed by atoms with Gasteiger partial charge in [0.1, 0.15) is 0 Å². The normalized spacial score (nSPS) is 25.6. The zero-order valence-corrected chi connectivity index (χ0v) is 10.6. The lowest BCUT2D eigenvalue weighted by molar-refractivity contribution is -0.124. The minimum atomic E-state index is -0.296. The smallest absolute Gasteiger partial charge is 0.324 e. The SMILES string of the molecule is CN1CCOC(CNCCN2C(=O)CNC2=O)C1. The summed E-state index contributed by atoms with van der Waals surface area (Å²) < 4.78 is 5.60. The predicted octanol–water partition coefficient (Wildman–Crippen LogP) is -1.54. The van der Waals surface area contributed by atoms with E-state index in [-0.39, 0.29) is 24.6 Å². The fourth-order valence-electron chi connectivity index (χ4n) is 2.13. The van der Waals surface area contributed by atoms with Crippen LogP contribution in [0.3, 0.4) is 0 Å². The summed E-state index contributed by atoms with van der Waals surface area (Å²) in [6.07, 6.45) is 0.187. The van der Waals surface area contributed by atoms with Gasteiger partial charge in [0.15, 0.2) is 0 Å². The third-order valence-electron chi connectivity index (χ3n) is 3.16. The highest BCUT2D eigenvalue weighted by atomic mass is 16.5. The second-order valence-corrected chi connectivity index (χ2v) is 4.66. The molecule has 7 heteroatoms. The number of nitrogens with zero attached hydrogens (tertiary/aromatic N) is 2. The van der Waals surface area contributed by atoms with Crippen molar-refractivity contribution in [2.75, 3.05) is 52.9 Å². The van der Waals surface area contributed by atoms with Crippen LogP contribution < -0.4 is 10.6 Å². The molecule has 2 N–H and O–H groups in total. The van der Waals surface area contributed by atoms with Crippen molar-refractivity contribution in [2.45, 2.75) is 6.10 Å². The number of nitrogens with one attached hydrogen (secondary N) is 2. The monoisotopic (exact) mass is 256 g/mol. The highest BCUT2D eigenvalue weighted by Crippen LogP contribution is 2.01. The van der Waals surface area contributed by atoms with Crippen molar-refractivity contribution < 1.29 is 14.3 Å². The summed E-state index contributed by atoms with van der Waals surface area (Å²) in [5.74, 6) is -0.157. The third kappa shape index (κ3) is 3.41. The van der Waals surface area contributed by atoms with Crippen molar-refractivity contribution in [3.63, 3.8) is 0 Å². The number of urea groups is 1. The van der Waals surface area contributed by atoms with Gasteiger partial charge in [-0.3, -0.25) is 9.69 Å². The first kappa shape index (κ1) is 13.3. The zero-order chi connectivity index (χ0) is 13.0. The van der Waals surface area contributed by atoms with Gasteiger partial charge in [0.25, 0.3) is 0 Å². The van der Waals surface area contributed by atoms with Crippen LogP contribution in [-0.2, 0) is 9.53 Å². The first-order valence-electron chi connectivity index (χ1n) is 6.26. The van der Waals surface area contributed by atoms with E-state index < -0.39 is 0 Å². The maximum absolute atomic E-state index is 11.3. The molecular weight excluding hydrogens is 236 g/mol. The molecule has 0 radical (unpaired) electrons. The topological polar surface area (TPSA) is 73.9 Å². The molecule has 2 aliphatic heterocycles. The highest BCUT2D eigenvalue weighted by Gasteiger charge is 2.27. The molecule has 0 aromatic rings. The molecule has 2 heterocycles. The number of morpholine rings is 1. The van der Waals surface area contributed by atoms with Crippen LogP contribution in [0, 0.1) is 0 Å². The molecule has 2 rings (SSSR count). The minimum absolute atomic E-state index is 0.120. The number of amides is 3. The molecule has 1 unspecified atom stereocenters. The summed E-state index contributed by atoms with van der Waals surface area (Å²) in [5, 5.41) is 5.71. The Balaban J connectivity index is 1.61. The standard InChI is InChI=1S/C11H20N4O3/c1-14-4-5-18-9(8-14)6-12-2-3-15-10(16)7-13-11(15)17/h9,12H,2-8H2,1H3,(H,13,17). The summed E-state index contributed by atoms with van der Waals surface area (Å²) in [4.78, 5) is 26.0. The van der Waals surface area contributed by atoms with Crippen LogP contribution in [0.15, 0.2) is 0 Å². The number of hydrogen-bond donors (Lipinski definition) is 2. The van der Waals surface area contributed by atoms with Crippen molar-refractivity contribution in [1.29, 1.82) is 0 Å². The molecule has 2 fully saturated rings. The summed E-state index contributed by atoms with van der Waals surface area (Å²) in [6.45, 7) is 4.52. The quantitative estimate of drug-likeness (QED) is 0.460. The van der Waals surface area contributed by atoms with E-state index in [1.807, 2.05) is 0 Å². The fraction of sp³-hybridized carbons (Fsp3) is 0.818. The summed E-state index contributed by atoms with van der Waals surface area (Å²) in [6, 6.07) is -0.296. The maximum Gasteiger partial charge on any atom is 0.324 e. The van der Waals surface area contributed by atoms with Crippen LogP contribution in [0.2, 0.25) is 0 Å². The molecule has 0 saturated carbocycles. The van der Waals surface area contributed by atoms with Crippen molar-refractivity contribution in [1.82, 2.24) is 20.4 Å². The second-order valence-electron chi connectivity index (χ2n) is 4.66. The number of carbonyl (C=O) groups is 2. The predicted molar refractivity (Wildman–Crippen MR) is 65.2 cm³/mol. The van der Waals surface area contributed by atoms with Gasteiger partial charge in [-0.2, -0.15) is 0 Å². The zero-order valence-electron chi connectivity index (χ0n) is 10.6. The number of rotatable bonds is 5. The lowest BCUT2D eigenvalue weighted by atomic mass is 10.3. The molecule has 1 atom stereocenters. The van der Waals surface area contributed by atoms with Gasteiger partial charge >= 0.3 is 6.03 Å². The number of carbonyl (C=O) groups excluding carboxylic acids is 2. The van der Waals surface area contributed by atoms with E-state index in [0.29, 0.717) is 13.1 Å². The Morgan fingerprint density at radius 1 is 1.50 bits per heavy atom. The Kier molecular flexibility index (Phi) is 4.51. The number of hydrogen-bond acceptors (Lipinski definition) is 5. The van der Waals surface area contributed by atoms with E-state index in [2.05, 4.69) is 22.6 Å². The molecule has 3 amide bonds. The van der Waals surface area contributed by atoms with Crippen LogP contribution in [0.5, 0.6) is 0 Å². The van der Waals surface area contributed by atoms with Crippen LogP contribution in [0.4, 0.5) is 4.79 Å². The first-order chi connectivity index (χ1) is 8.66. The lowest BCUT2D eigenvalue weighted by Gasteiger charge is -2.30. The largest absolute Gasteiger partial charge is 0.374 e. The Morgan fingerprint density at radius 3 is 3.00 bits per heavy atom. The molecule has 0 aliphatic carbocycles.